The van der Waals surface area contributed by atoms with E-state index in [1.54, 1.807) is 5.56 Å². The molecule has 16 heavy (non-hydrogen) atoms. The van der Waals surface area contributed by atoms with Crippen molar-refractivity contribution in [2.75, 3.05) is 19.6 Å². The summed E-state index contributed by atoms with van der Waals surface area (Å²) in [6, 6.07) is 2.39. The minimum Gasteiger partial charge on any atom is -0.312 e. The number of thiophene rings is 1. The standard InChI is InChI=1S/C13H22N2S/c1-3-14-9-13-8-12(11(2)16-13)10-15-6-4-5-7-15/h8,14H,3-7,9-10H2,1-2H3. The molecule has 0 atom stereocenters. The fraction of sp³-hybridized carbons (Fsp3) is 0.692. The van der Waals surface area contributed by atoms with Crippen LogP contribution in [0.2, 0.25) is 0 Å². The number of hydrogen-bond acceptors (Lipinski definition) is 3. The van der Waals surface area contributed by atoms with E-state index in [4.69, 9.17) is 0 Å². The summed E-state index contributed by atoms with van der Waals surface area (Å²) in [5.74, 6) is 0. The molecule has 1 saturated heterocycles. The van der Waals surface area contributed by atoms with Crippen LogP contribution in [0.3, 0.4) is 0 Å². The van der Waals surface area contributed by atoms with E-state index in [9.17, 15) is 0 Å². The SMILES string of the molecule is CCNCc1cc(CN2CCCC2)c(C)s1. The predicted molar refractivity (Wildman–Crippen MR) is 70.9 cm³/mol. The van der Waals surface area contributed by atoms with Crippen molar-refractivity contribution in [3.05, 3.63) is 21.4 Å². The number of likely N-dealkylation sites (tertiary alicyclic amines) is 1. The molecule has 0 radical (unpaired) electrons. The Morgan fingerprint density at radius 1 is 1.38 bits per heavy atom. The summed E-state index contributed by atoms with van der Waals surface area (Å²) < 4.78 is 0. The zero-order chi connectivity index (χ0) is 11.4. The van der Waals surface area contributed by atoms with Crippen molar-refractivity contribution < 1.29 is 0 Å². The molecule has 0 bridgehead atoms. The molecule has 3 heteroatoms. The largest absolute Gasteiger partial charge is 0.312 e. The lowest BCUT2D eigenvalue weighted by Crippen LogP contribution is -2.18. The molecule has 0 aromatic carbocycles. The summed E-state index contributed by atoms with van der Waals surface area (Å²) in [5, 5.41) is 3.40. The Balaban J connectivity index is 1.94. The van der Waals surface area contributed by atoms with Crippen molar-refractivity contribution in [2.45, 2.75) is 39.8 Å². The van der Waals surface area contributed by atoms with Crippen LogP contribution in [-0.4, -0.2) is 24.5 Å². The fourth-order valence-electron chi connectivity index (χ4n) is 2.26. The van der Waals surface area contributed by atoms with Gasteiger partial charge in [-0.2, -0.15) is 0 Å². The zero-order valence-electron chi connectivity index (χ0n) is 10.4. The van der Waals surface area contributed by atoms with Gasteiger partial charge in [-0.05, 0) is 51.0 Å². The third kappa shape index (κ3) is 3.06. The summed E-state index contributed by atoms with van der Waals surface area (Å²) in [7, 11) is 0. The van der Waals surface area contributed by atoms with Gasteiger partial charge in [0.15, 0.2) is 0 Å². The summed E-state index contributed by atoms with van der Waals surface area (Å²) in [5.41, 5.74) is 1.54. The number of rotatable bonds is 5. The second kappa shape index (κ2) is 5.80. The summed E-state index contributed by atoms with van der Waals surface area (Å²) in [4.78, 5) is 5.56. The Kier molecular flexibility index (Phi) is 4.38. The normalized spacial score (nSPS) is 17.1. The van der Waals surface area contributed by atoms with Crippen molar-refractivity contribution in [3.63, 3.8) is 0 Å². The average molecular weight is 238 g/mol. The van der Waals surface area contributed by atoms with E-state index in [-0.39, 0.29) is 0 Å². The van der Waals surface area contributed by atoms with E-state index >= 15 is 0 Å². The molecule has 2 heterocycles. The molecule has 1 fully saturated rings. The smallest absolute Gasteiger partial charge is 0.0299 e. The molecule has 1 aromatic rings. The molecule has 1 aliphatic rings. The fourth-order valence-corrected chi connectivity index (χ4v) is 3.28. The van der Waals surface area contributed by atoms with Crippen LogP contribution in [0.5, 0.6) is 0 Å². The van der Waals surface area contributed by atoms with Gasteiger partial charge < -0.3 is 5.32 Å². The Morgan fingerprint density at radius 3 is 2.81 bits per heavy atom. The molecular weight excluding hydrogens is 216 g/mol. The van der Waals surface area contributed by atoms with Crippen LogP contribution in [0.25, 0.3) is 0 Å². The number of nitrogens with zero attached hydrogens (tertiary/aromatic N) is 1. The first-order valence-electron chi connectivity index (χ1n) is 6.31. The summed E-state index contributed by atoms with van der Waals surface area (Å²) in [6.07, 6.45) is 2.76. The van der Waals surface area contributed by atoms with Crippen molar-refractivity contribution >= 4 is 11.3 Å². The van der Waals surface area contributed by atoms with Crippen LogP contribution < -0.4 is 5.32 Å². The molecule has 1 aromatic heterocycles. The maximum absolute atomic E-state index is 3.40. The van der Waals surface area contributed by atoms with E-state index in [2.05, 4.69) is 30.1 Å². The van der Waals surface area contributed by atoms with Gasteiger partial charge in [-0.15, -0.1) is 11.3 Å². The van der Waals surface area contributed by atoms with Crippen molar-refractivity contribution in [1.82, 2.24) is 10.2 Å². The molecule has 0 amide bonds. The second-order valence-electron chi connectivity index (χ2n) is 4.56. The first-order chi connectivity index (χ1) is 7.79. The molecule has 2 rings (SSSR count). The highest BCUT2D eigenvalue weighted by atomic mass is 32.1. The van der Waals surface area contributed by atoms with Crippen LogP contribution >= 0.6 is 11.3 Å². The third-order valence-electron chi connectivity index (χ3n) is 3.21. The van der Waals surface area contributed by atoms with Crippen molar-refractivity contribution in [1.29, 1.82) is 0 Å². The molecule has 90 valence electrons. The van der Waals surface area contributed by atoms with Gasteiger partial charge in [0.25, 0.3) is 0 Å². The monoisotopic (exact) mass is 238 g/mol. The zero-order valence-corrected chi connectivity index (χ0v) is 11.2. The predicted octanol–water partition coefficient (Wildman–Crippen LogP) is 2.76. The van der Waals surface area contributed by atoms with Gasteiger partial charge in [-0.1, -0.05) is 6.92 Å². The lowest BCUT2D eigenvalue weighted by atomic mass is 10.2. The van der Waals surface area contributed by atoms with Crippen LogP contribution in [0.15, 0.2) is 6.07 Å². The van der Waals surface area contributed by atoms with Crippen molar-refractivity contribution in [3.8, 4) is 0 Å². The second-order valence-corrected chi connectivity index (χ2v) is 5.90. The van der Waals surface area contributed by atoms with E-state index in [0.717, 1.165) is 19.6 Å². The first-order valence-corrected chi connectivity index (χ1v) is 7.12. The molecule has 1 aliphatic heterocycles. The maximum Gasteiger partial charge on any atom is 0.0299 e. The Labute approximate surface area is 103 Å². The highest BCUT2D eigenvalue weighted by Crippen LogP contribution is 2.24. The molecule has 0 unspecified atom stereocenters. The Hall–Kier alpha value is -0.380. The average Bonchev–Trinajstić information content (AvgIpc) is 2.87. The molecule has 1 N–H and O–H groups in total. The lowest BCUT2D eigenvalue weighted by Gasteiger charge is -2.13. The highest BCUT2D eigenvalue weighted by Gasteiger charge is 2.14. The molecule has 2 nitrogen and oxygen atoms in total. The van der Waals surface area contributed by atoms with Crippen molar-refractivity contribution in [2.24, 2.45) is 0 Å². The lowest BCUT2D eigenvalue weighted by molar-refractivity contribution is 0.331. The summed E-state index contributed by atoms with van der Waals surface area (Å²) in [6.45, 7) is 10.2. The minimum atomic E-state index is 1.03. The van der Waals surface area contributed by atoms with Gasteiger partial charge in [0, 0.05) is 22.8 Å². The number of hydrogen-bond donors (Lipinski definition) is 1. The maximum atomic E-state index is 3.40. The van der Waals surface area contributed by atoms with Crippen LogP contribution in [0.4, 0.5) is 0 Å². The number of aryl methyl sites for hydroxylation is 1. The quantitative estimate of drug-likeness (QED) is 0.848. The molecule has 0 spiro atoms. The minimum absolute atomic E-state index is 1.03. The van der Waals surface area contributed by atoms with Gasteiger partial charge >= 0.3 is 0 Å². The van der Waals surface area contributed by atoms with Crippen LogP contribution in [0, 0.1) is 6.92 Å². The van der Waals surface area contributed by atoms with Gasteiger partial charge in [-0.25, -0.2) is 0 Å². The first kappa shape index (κ1) is 12.1. The van der Waals surface area contributed by atoms with Crippen LogP contribution in [-0.2, 0) is 13.1 Å². The Morgan fingerprint density at radius 2 is 2.12 bits per heavy atom. The number of nitrogens with one attached hydrogen (secondary N) is 1. The summed E-state index contributed by atoms with van der Waals surface area (Å²) >= 11 is 1.95. The molecular formula is C13H22N2S. The molecule has 0 saturated carbocycles. The topological polar surface area (TPSA) is 15.3 Å². The van der Waals surface area contributed by atoms with E-state index in [1.165, 1.54) is 35.7 Å². The third-order valence-corrected chi connectivity index (χ3v) is 4.31. The van der Waals surface area contributed by atoms with Gasteiger partial charge in [-0.3, -0.25) is 4.90 Å². The Bertz CT molecular complexity index is 327. The van der Waals surface area contributed by atoms with Gasteiger partial charge in [0.05, 0.1) is 0 Å². The highest BCUT2D eigenvalue weighted by molar-refractivity contribution is 7.12. The van der Waals surface area contributed by atoms with E-state index < -0.39 is 0 Å². The van der Waals surface area contributed by atoms with Crippen LogP contribution in [0.1, 0.15) is 35.1 Å². The molecule has 0 aliphatic carbocycles. The van der Waals surface area contributed by atoms with E-state index in [0.29, 0.717) is 0 Å². The van der Waals surface area contributed by atoms with E-state index in [1.807, 2.05) is 11.3 Å². The van der Waals surface area contributed by atoms with Gasteiger partial charge in [0.1, 0.15) is 0 Å². The van der Waals surface area contributed by atoms with Gasteiger partial charge in [0.2, 0.25) is 0 Å².